The highest BCUT2D eigenvalue weighted by atomic mass is 35.5. The molecule has 0 saturated heterocycles. The van der Waals surface area contributed by atoms with E-state index in [1.54, 1.807) is 7.11 Å². The molecule has 0 aliphatic carbocycles. The Morgan fingerprint density at radius 3 is 2.52 bits per heavy atom. The molecule has 3 nitrogen and oxygen atoms in total. The van der Waals surface area contributed by atoms with E-state index in [2.05, 4.69) is 11.4 Å². The van der Waals surface area contributed by atoms with Gasteiger partial charge in [0.2, 0.25) is 0 Å². The molecule has 0 saturated carbocycles. The summed E-state index contributed by atoms with van der Waals surface area (Å²) < 4.78 is 11.2. The van der Waals surface area contributed by atoms with Crippen LogP contribution in [0, 0.1) is 0 Å². The second-order valence-electron chi connectivity index (χ2n) is 5.51. The summed E-state index contributed by atoms with van der Waals surface area (Å²) in [5.74, 6) is 2.70. The van der Waals surface area contributed by atoms with Gasteiger partial charge in [-0.25, -0.2) is 0 Å². The fraction of sp³-hybridized carbons (Fsp3) is 0.200. The Morgan fingerprint density at radius 1 is 1.00 bits per heavy atom. The highest BCUT2D eigenvalue weighted by Crippen LogP contribution is 2.23. The summed E-state index contributed by atoms with van der Waals surface area (Å²) >= 11 is 5.91. The molecule has 0 aliphatic heterocycles. The lowest BCUT2D eigenvalue weighted by Gasteiger charge is -2.08. The average molecular weight is 378 g/mol. The van der Waals surface area contributed by atoms with E-state index in [4.69, 9.17) is 20.8 Å². The normalized spacial score (nSPS) is 10.3. The first kappa shape index (κ1) is 19.4. The van der Waals surface area contributed by atoms with Crippen LogP contribution in [0.15, 0.2) is 65.1 Å². The second kappa shape index (κ2) is 9.52. The fourth-order valence-electron chi connectivity index (χ4n) is 2.59. The van der Waals surface area contributed by atoms with Crippen molar-refractivity contribution in [2.45, 2.75) is 13.0 Å². The summed E-state index contributed by atoms with van der Waals surface area (Å²) in [6, 6.07) is 19.7. The molecule has 1 heterocycles. The predicted molar refractivity (Wildman–Crippen MR) is 105 cm³/mol. The maximum absolute atomic E-state index is 5.91. The molecule has 3 rings (SSSR count). The number of halogens is 2. The molecule has 3 aromatic rings. The van der Waals surface area contributed by atoms with Crippen LogP contribution in [0.5, 0.6) is 5.75 Å². The van der Waals surface area contributed by atoms with Crippen molar-refractivity contribution >= 4 is 24.0 Å². The van der Waals surface area contributed by atoms with Crippen LogP contribution in [0.4, 0.5) is 0 Å². The number of para-hydroxylation sites is 1. The molecule has 0 fully saturated rings. The zero-order valence-corrected chi connectivity index (χ0v) is 15.6. The number of ether oxygens (including phenoxy) is 1. The third-order valence-electron chi connectivity index (χ3n) is 3.85. The molecule has 0 aliphatic rings. The van der Waals surface area contributed by atoms with Gasteiger partial charge < -0.3 is 14.5 Å². The number of nitrogens with one attached hydrogen (secondary N) is 1. The van der Waals surface area contributed by atoms with Crippen molar-refractivity contribution in [1.29, 1.82) is 0 Å². The summed E-state index contributed by atoms with van der Waals surface area (Å²) in [5.41, 5.74) is 2.23. The largest absolute Gasteiger partial charge is 0.496 e. The minimum Gasteiger partial charge on any atom is -0.496 e. The minimum atomic E-state index is 0. The van der Waals surface area contributed by atoms with Crippen molar-refractivity contribution in [3.63, 3.8) is 0 Å². The molecule has 1 aromatic heterocycles. The van der Waals surface area contributed by atoms with Gasteiger partial charge in [0.15, 0.2) is 0 Å². The molecular formula is C20H21Cl2NO2. The maximum atomic E-state index is 5.91. The van der Waals surface area contributed by atoms with Gasteiger partial charge in [-0.3, -0.25) is 0 Å². The average Bonchev–Trinajstić information content (AvgIpc) is 3.08. The Morgan fingerprint density at radius 2 is 1.76 bits per heavy atom. The third kappa shape index (κ3) is 5.27. The molecule has 0 bridgehead atoms. The van der Waals surface area contributed by atoms with Gasteiger partial charge in [-0.2, -0.15) is 0 Å². The van der Waals surface area contributed by atoms with E-state index in [0.717, 1.165) is 40.8 Å². The lowest BCUT2D eigenvalue weighted by molar-refractivity contribution is 0.408. The summed E-state index contributed by atoms with van der Waals surface area (Å²) in [5, 5.41) is 4.13. The Bertz CT molecular complexity index is 784. The van der Waals surface area contributed by atoms with Gasteiger partial charge in [0.05, 0.1) is 13.7 Å². The summed E-state index contributed by atoms with van der Waals surface area (Å²) in [7, 11) is 1.70. The van der Waals surface area contributed by atoms with Gasteiger partial charge in [0.25, 0.3) is 0 Å². The standard InChI is InChI=1S/C20H20ClNO2.ClH/c1-23-19-5-3-2-4-15(19)12-13-22-14-18-10-11-20(24-18)16-6-8-17(21)9-7-16;/h2-11,22H,12-14H2,1H3;1H. The Kier molecular flexibility index (Phi) is 7.38. The zero-order chi connectivity index (χ0) is 16.8. The Hall–Kier alpha value is -1.94. The lowest BCUT2D eigenvalue weighted by atomic mass is 10.1. The van der Waals surface area contributed by atoms with Crippen molar-refractivity contribution in [2.24, 2.45) is 0 Å². The van der Waals surface area contributed by atoms with Crippen molar-refractivity contribution in [3.05, 3.63) is 77.0 Å². The van der Waals surface area contributed by atoms with E-state index < -0.39 is 0 Å². The van der Waals surface area contributed by atoms with Crippen LogP contribution >= 0.6 is 24.0 Å². The zero-order valence-electron chi connectivity index (χ0n) is 14.0. The van der Waals surface area contributed by atoms with E-state index in [9.17, 15) is 0 Å². The molecule has 25 heavy (non-hydrogen) atoms. The van der Waals surface area contributed by atoms with E-state index in [1.807, 2.05) is 54.6 Å². The molecule has 0 spiro atoms. The summed E-state index contributed by atoms with van der Waals surface area (Å²) in [6.07, 6.45) is 0.911. The SMILES string of the molecule is COc1ccccc1CCNCc1ccc(-c2ccc(Cl)cc2)o1.Cl. The molecule has 5 heteroatoms. The van der Waals surface area contributed by atoms with Crippen LogP contribution in [-0.2, 0) is 13.0 Å². The maximum Gasteiger partial charge on any atom is 0.134 e. The molecule has 0 atom stereocenters. The first-order valence-electron chi connectivity index (χ1n) is 7.93. The van der Waals surface area contributed by atoms with E-state index in [0.29, 0.717) is 6.54 Å². The minimum absolute atomic E-state index is 0. The first-order chi connectivity index (χ1) is 11.8. The fourth-order valence-corrected chi connectivity index (χ4v) is 2.71. The molecule has 0 unspecified atom stereocenters. The summed E-state index contributed by atoms with van der Waals surface area (Å²) in [4.78, 5) is 0. The smallest absolute Gasteiger partial charge is 0.134 e. The number of rotatable bonds is 7. The van der Waals surface area contributed by atoms with Crippen molar-refractivity contribution in [1.82, 2.24) is 5.32 Å². The highest BCUT2D eigenvalue weighted by molar-refractivity contribution is 6.30. The van der Waals surface area contributed by atoms with Crippen LogP contribution < -0.4 is 10.1 Å². The predicted octanol–water partition coefficient (Wildman–Crippen LogP) is 5.36. The number of hydrogen-bond donors (Lipinski definition) is 1. The molecule has 0 radical (unpaired) electrons. The van der Waals surface area contributed by atoms with E-state index in [1.165, 1.54) is 5.56 Å². The van der Waals surface area contributed by atoms with Crippen LogP contribution in [0.25, 0.3) is 11.3 Å². The van der Waals surface area contributed by atoms with Crippen LogP contribution in [0.3, 0.4) is 0 Å². The third-order valence-corrected chi connectivity index (χ3v) is 4.11. The number of benzene rings is 2. The second-order valence-corrected chi connectivity index (χ2v) is 5.95. The van der Waals surface area contributed by atoms with Gasteiger partial charge >= 0.3 is 0 Å². The van der Waals surface area contributed by atoms with Gasteiger partial charge in [-0.15, -0.1) is 12.4 Å². The van der Waals surface area contributed by atoms with Crippen molar-refractivity contribution in [3.8, 4) is 17.1 Å². The van der Waals surface area contributed by atoms with Gasteiger partial charge in [0, 0.05) is 10.6 Å². The van der Waals surface area contributed by atoms with Crippen LogP contribution in [0.2, 0.25) is 5.02 Å². The van der Waals surface area contributed by atoms with Crippen LogP contribution in [-0.4, -0.2) is 13.7 Å². The van der Waals surface area contributed by atoms with E-state index in [-0.39, 0.29) is 12.4 Å². The summed E-state index contributed by atoms with van der Waals surface area (Å²) in [6.45, 7) is 1.56. The molecular weight excluding hydrogens is 357 g/mol. The van der Waals surface area contributed by atoms with Gasteiger partial charge in [-0.1, -0.05) is 29.8 Å². The number of methoxy groups -OCH3 is 1. The first-order valence-corrected chi connectivity index (χ1v) is 8.31. The molecule has 1 N–H and O–H groups in total. The van der Waals surface area contributed by atoms with Gasteiger partial charge in [-0.05, 0) is 61.0 Å². The highest BCUT2D eigenvalue weighted by Gasteiger charge is 2.05. The van der Waals surface area contributed by atoms with Gasteiger partial charge in [0.1, 0.15) is 17.3 Å². The number of hydrogen-bond acceptors (Lipinski definition) is 3. The quantitative estimate of drug-likeness (QED) is 0.562. The Balaban J connectivity index is 0.00000225. The number of furan rings is 1. The molecule has 0 amide bonds. The van der Waals surface area contributed by atoms with Crippen molar-refractivity contribution in [2.75, 3.05) is 13.7 Å². The van der Waals surface area contributed by atoms with Crippen LogP contribution in [0.1, 0.15) is 11.3 Å². The molecule has 2 aromatic carbocycles. The van der Waals surface area contributed by atoms with Crippen molar-refractivity contribution < 1.29 is 9.15 Å². The Labute approximate surface area is 159 Å². The van der Waals surface area contributed by atoms with E-state index >= 15 is 0 Å². The molecule has 132 valence electrons. The monoisotopic (exact) mass is 377 g/mol. The topological polar surface area (TPSA) is 34.4 Å². The lowest BCUT2D eigenvalue weighted by Crippen LogP contribution is -2.16.